The molecule has 1 unspecified atom stereocenters. The van der Waals surface area contributed by atoms with Crippen LogP contribution in [0.1, 0.15) is 19.8 Å². The normalized spacial score (nSPS) is 13.9. The molecule has 16 heavy (non-hydrogen) atoms. The van der Waals surface area contributed by atoms with Crippen LogP contribution in [-0.2, 0) is 10.0 Å². The fourth-order valence-electron chi connectivity index (χ4n) is 1.28. The van der Waals surface area contributed by atoms with Crippen LogP contribution >= 0.6 is 11.8 Å². The molecule has 0 saturated carbocycles. The van der Waals surface area contributed by atoms with E-state index < -0.39 is 10.0 Å². The van der Waals surface area contributed by atoms with E-state index in [4.69, 9.17) is 0 Å². The van der Waals surface area contributed by atoms with Gasteiger partial charge in [-0.15, -0.1) is 0 Å². The second-order valence-corrected chi connectivity index (χ2v) is 6.88. The molecular weight excluding hydrogens is 244 g/mol. The minimum Gasteiger partial charge on any atom is -0.320 e. The predicted molar refractivity (Wildman–Crippen MR) is 72.5 cm³/mol. The van der Waals surface area contributed by atoms with Gasteiger partial charge < -0.3 is 5.32 Å². The maximum atomic E-state index is 11.6. The van der Waals surface area contributed by atoms with Gasteiger partial charge in [-0.25, -0.2) is 13.1 Å². The van der Waals surface area contributed by atoms with Crippen LogP contribution in [0.2, 0.25) is 0 Å². The van der Waals surface area contributed by atoms with Crippen molar-refractivity contribution >= 4 is 21.8 Å². The molecule has 0 aliphatic heterocycles. The second kappa shape index (κ2) is 9.27. The smallest absolute Gasteiger partial charge is 0.211 e. The van der Waals surface area contributed by atoms with Crippen LogP contribution in [0, 0.1) is 5.92 Å². The van der Waals surface area contributed by atoms with Gasteiger partial charge >= 0.3 is 0 Å². The Morgan fingerprint density at radius 1 is 1.31 bits per heavy atom. The van der Waals surface area contributed by atoms with Crippen molar-refractivity contribution in [2.45, 2.75) is 19.8 Å². The molecule has 0 radical (unpaired) electrons. The first-order valence-electron chi connectivity index (χ1n) is 5.62. The Morgan fingerprint density at radius 3 is 2.56 bits per heavy atom. The summed E-state index contributed by atoms with van der Waals surface area (Å²) in [6.45, 7) is 3.48. The summed E-state index contributed by atoms with van der Waals surface area (Å²) in [5.74, 6) is 1.62. The van der Waals surface area contributed by atoms with E-state index in [0.29, 0.717) is 18.9 Å². The molecular formula is C10H24N2O2S2. The van der Waals surface area contributed by atoms with E-state index in [0.717, 1.165) is 18.7 Å². The highest BCUT2D eigenvalue weighted by molar-refractivity contribution is 7.98. The van der Waals surface area contributed by atoms with Gasteiger partial charge in [-0.1, -0.05) is 6.92 Å². The van der Waals surface area contributed by atoms with Gasteiger partial charge in [0.2, 0.25) is 10.0 Å². The maximum Gasteiger partial charge on any atom is 0.211 e. The molecule has 0 heterocycles. The Hall–Kier alpha value is 0.220. The lowest BCUT2D eigenvalue weighted by molar-refractivity contribution is 0.558. The molecule has 0 bridgehead atoms. The number of thioether (sulfide) groups is 1. The quantitative estimate of drug-likeness (QED) is 0.578. The SMILES string of the molecule is CNCCCCS(=O)(=O)NCC(C)CSC. The lowest BCUT2D eigenvalue weighted by atomic mass is 10.2. The van der Waals surface area contributed by atoms with Gasteiger partial charge in [-0.05, 0) is 44.4 Å². The lowest BCUT2D eigenvalue weighted by Crippen LogP contribution is -2.31. The molecule has 1 atom stereocenters. The Bertz CT molecular complexity index is 256. The van der Waals surface area contributed by atoms with Gasteiger partial charge in [0.25, 0.3) is 0 Å². The summed E-state index contributed by atoms with van der Waals surface area (Å²) in [4.78, 5) is 0. The van der Waals surface area contributed by atoms with E-state index in [9.17, 15) is 8.42 Å². The highest BCUT2D eigenvalue weighted by Gasteiger charge is 2.11. The van der Waals surface area contributed by atoms with E-state index in [-0.39, 0.29) is 5.75 Å². The van der Waals surface area contributed by atoms with Crippen LogP contribution in [0.5, 0.6) is 0 Å². The van der Waals surface area contributed by atoms with Crippen molar-refractivity contribution in [3.8, 4) is 0 Å². The number of hydrogen-bond donors (Lipinski definition) is 2. The monoisotopic (exact) mass is 268 g/mol. The Labute approximate surface area is 104 Å². The molecule has 0 amide bonds. The molecule has 0 rings (SSSR count). The van der Waals surface area contributed by atoms with Crippen molar-refractivity contribution in [2.75, 3.05) is 37.9 Å². The van der Waals surface area contributed by atoms with E-state index in [1.807, 2.05) is 13.3 Å². The third kappa shape index (κ3) is 9.45. The summed E-state index contributed by atoms with van der Waals surface area (Å²) < 4.78 is 25.8. The van der Waals surface area contributed by atoms with Crippen molar-refractivity contribution in [1.82, 2.24) is 10.0 Å². The van der Waals surface area contributed by atoms with E-state index in [1.165, 1.54) is 0 Å². The number of unbranched alkanes of at least 4 members (excludes halogenated alkanes) is 1. The zero-order chi connectivity index (χ0) is 12.4. The van der Waals surface area contributed by atoms with Crippen LogP contribution in [0.3, 0.4) is 0 Å². The third-order valence-corrected chi connectivity index (χ3v) is 4.53. The summed E-state index contributed by atoms with van der Waals surface area (Å²) in [6, 6.07) is 0. The molecule has 4 nitrogen and oxygen atoms in total. The highest BCUT2D eigenvalue weighted by atomic mass is 32.2. The minimum absolute atomic E-state index is 0.237. The lowest BCUT2D eigenvalue weighted by Gasteiger charge is -2.11. The standard InChI is InChI=1S/C10H24N2O2S2/c1-10(9-15-3)8-12-16(13,14)7-5-4-6-11-2/h10-12H,4-9H2,1-3H3. The molecule has 0 saturated heterocycles. The van der Waals surface area contributed by atoms with Crippen molar-refractivity contribution in [3.63, 3.8) is 0 Å². The summed E-state index contributed by atoms with van der Waals surface area (Å²) in [6.07, 6.45) is 3.65. The molecule has 0 spiro atoms. The molecule has 0 aliphatic carbocycles. The average molecular weight is 268 g/mol. The molecule has 0 aromatic rings. The molecule has 0 aromatic carbocycles. The fraction of sp³-hybridized carbons (Fsp3) is 1.00. The highest BCUT2D eigenvalue weighted by Crippen LogP contribution is 2.03. The predicted octanol–water partition coefficient (Wildman–Crippen LogP) is 0.905. The van der Waals surface area contributed by atoms with Crippen LogP contribution in [-0.4, -0.2) is 46.3 Å². The molecule has 0 fully saturated rings. The zero-order valence-electron chi connectivity index (χ0n) is 10.5. The Kier molecular flexibility index (Phi) is 9.40. The van der Waals surface area contributed by atoms with Gasteiger partial charge in [0.05, 0.1) is 5.75 Å². The summed E-state index contributed by atoms with van der Waals surface area (Å²) >= 11 is 1.74. The number of rotatable bonds is 10. The summed E-state index contributed by atoms with van der Waals surface area (Å²) in [7, 11) is -1.19. The number of sulfonamides is 1. The van der Waals surface area contributed by atoms with Gasteiger partial charge in [-0.2, -0.15) is 11.8 Å². The van der Waals surface area contributed by atoms with E-state index in [2.05, 4.69) is 17.0 Å². The van der Waals surface area contributed by atoms with Gasteiger partial charge in [0.1, 0.15) is 0 Å². The van der Waals surface area contributed by atoms with Crippen molar-refractivity contribution in [3.05, 3.63) is 0 Å². The van der Waals surface area contributed by atoms with Gasteiger partial charge in [-0.3, -0.25) is 0 Å². The van der Waals surface area contributed by atoms with Crippen LogP contribution in [0.4, 0.5) is 0 Å². The summed E-state index contributed by atoms with van der Waals surface area (Å²) in [5, 5.41) is 3.00. The van der Waals surface area contributed by atoms with Crippen molar-refractivity contribution in [1.29, 1.82) is 0 Å². The third-order valence-electron chi connectivity index (χ3n) is 2.19. The topological polar surface area (TPSA) is 58.2 Å². The summed E-state index contributed by atoms with van der Waals surface area (Å²) in [5.41, 5.74) is 0. The van der Waals surface area contributed by atoms with E-state index >= 15 is 0 Å². The van der Waals surface area contributed by atoms with Crippen molar-refractivity contribution in [2.24, 2.45) is 5.92 Å². The average Bonchev–Trinajstić information content (AvgIpc) is 2.22. The largest absolute Gasteiger partial charge is 0.320 e. The maximum absolute atomic E-state index is 11.6. The van der Waals surface area contributed by atoms with Gasteiger partial charge in [0.15, 0.2) is 0 Å². The van der Waals surface area contributed by atoms with Gasteiger partial charge in [0, 0.05) is 6.54 Å². The molecule has 2 N–H and O–H groups in total. The van der Waals surface area contributed by atoms with Crippen LogP contribution in [0.25, 0.3) is 0 Å². The Morgan fingerprint density at radius 2 is 2.00 bits per heavy atom. The van der Waals surface area contributed by atoms with E-state index in [1.54, 1.807) is 11.8 Å². The first-order chi connectivity index (χ1) is 7.52. The van der Waals surface area contributed by atoms with Crippen LogP contribution in [0.15, 0.2) is 0 Å². The molecule has 0 aromatic heterocycles. The number of nitrogens with one attached hydrogen (secondary N) is 2. The van der Waals surface area contributed by atoms with Crippen molar-refractivity contribution < 1.29 is 8.42 Å². The van der Waals surface area contributed by atoms with Crippen LogP contribution < -0.4 is 10.0 Å². The molecule has 6 heteroatoms. The number of hydrogen-bond acceptors (Lipinski definition) is 4. The Balaban J connectivity index is 3.70. The fourth-order valence-corrected chi connectivity index (χ4v) is 3.23. The second-order valence-electron chi connectivity index (χ2n) is 4.04. The molecule has 0 aliphatic rings. The zero-order valence-corrected chi connectivity index (χ0v) is 12.1. The molecule has 98 valence electrons. The first-order valence-corrected chi connectivity index (χ1v) is 8.67. The minimum atomic E-state index is -3.06. The first kappa shape index (κ1) is 16.2.